The van der Waals surface area contributed by atoms with Crippen LogP contribution in [-0.4, -0.2) is 46.6 Å². The maximum atomic E-state index is 11.7. The summed E-state index contributed by atoms with van der Waals surface area (Å²) in [6, 6.07) is 0. The van der Waals surface area contributed by atoms with Crippen LogP contribution in [0.25, 0.3) is 0 Å². The van der Waals surface area contributed by atoms with E-state index in [4.69, 9.17) is 5.11 Å². The van der Waals surface area contributed by atoms with E-state index in [2.05, 4.69) is 15.6 Å². The largest absolute Gasteiger partial charge is 0.396 e. The highest BCUT2D eigenvalue weighted by Gasteiger charge is 2.10. The van der Waals surface area contributed by atoms with Crippen LogP contribution in [-0.2, 0) is 4.79 Å². The molecule has 0 atom stereocenters. The number of hydrogen-bond donors (Lipinski definition) is 3. The van der Waals surface area contributed by atoms with Gasteiger partial charge in [0, 0.05) is 31.2 Å². The maximum absolute atomic E-state index is 11.7. The Bertz CT molecular complexity index is 423. The van der Waals surface area contributed by atoms with Gasteiger partial charge in [-0.15, -0.1) is 11.3 Å². The zero-order valence-electron chi connectivity index (χ0n) is 10.6. The van der Waals surface area contributed by atoms with E-state index in [-0.39, 0.29) is 18.4 Å². The van der Waals surface area contributed by atoms with Crippen LogP contribution in [0.5, 0.6) is 0 Å². The minimum absolute atomic E-state index is 0.199. The summed E-state index contributed by atoms with van der Waals surface area (Å²) < 4.78 is 0. The number of nitrogens with one attached hydrogen (secondary N) is 2. The lowest BCUT2D eigenvalue weighted by Crippen LogP contribution is -2.26. The van der Waals surface area contributed by atoms with Gasteiger partial charge in [0.2, 0.25) is 5.91 Å². The number of hydrogen-bond acceptors (Lipinski definition) is 6. The number of thioether (sulfide) groups is 1. The van der Waals surface area contributed by atoms with Gasteiger partial charge in [0.15, 0.2) is 5.13 Å². The van der Waals surface area contributed by atoms with Crippen LogP contribution in [0.4, 0.5) is 5.13 Å². The van der Waals surface area contributed by atoms with Crippen molar-refractivity contribution in [2.24, 2.45) is 0 Å². The van der Waals surface area contributed by atoms with E-state index < -0.39 is 0 Å². The van der Waals surface area contributed by atoms with Crippen LogP contribution in [0.3, 0.4) is 0 Å². The fourth-order valence-corrected chi connectivity index (χ4v) is 2.70. The zero-order valence-corrected chi connectivity index (χ0v) is 12.3. The number of aromatic nitrogens is 1. The summed E-state index contributed by atoms with van der Waals surface area (Å²) in [6.07, 6.45) is 0.769. The Morgan fingerprint density at radius 1 is 1.47 bits per heavy atom. The third kappa shape index (κ3) is 6.55. The number of amides is 2. The van der Waals surface area contributed by atoms with Crippen molar-refractivity contribution in [3.63, 3.8) is 0 Å². The molecule has 1 heterocycles. The molecule has 0 saturated carbocycles. The average molecular weight is 303 g/mol. The molecule has 6 nitrogen and oxygen atoms in total. The Morgan fingerprint density at radius 2 is 2.26 bits per heavy atom. The SMILES string of the molecule is CC(=O)Nc1nc(C(=O)NCCSCCCO)cs1. The van der Waals surface area contributed by atoms with Gasteiger partial charge in [0.05, 0.1) is 0 Å². The van der Waals surface area contributed by atoms with Crippen molar-refractivity contribution in [3.05, 3.63) is 11.1 Å². The Hall–Kier alpha value is -1.12. The van der Waals surface area contributed by atoms with Crippen LogP contribution >= 0.6 is 23.1 Å². The molecule has 0 aliphatic rings. The maximum Gasteiger partial charge on any atom is 0.270 e. The Kier molecular flexibility index (Phi) is 7.46. The molecule has 0 aromatic carbocycles. The first-order chi connectivity index (χ1) is 9.13. The van der Waals surface area contributed by atoms with E-state index in [0.29, 0.717) is 17.4 Å². The highest BCUT2D eigenvalue weighted by atomic mass is 32.2. The molecule has 0 aliphatic carbocycles. The second kappa shape index (κ2) is 8.89. The van der Waals surface area contributed by atoms with E-state index in [0.717, 1.165) is 17.9 Å². The van der Waals surface area contributed by atoms with Crippen LogP contribution in [0.1, 0.15) is 23.8 Å². The fourth-order valence-electron chi connectivity index (χ4n) is 1.18. The van der Waals surface area contributed by atoms with Crippen LogP contribution in [0, 0.1) is 0 Å². The lowest BCUT2D eigenvalue weighted by Gasteiger charge is -2.02. The number of aliphatic hydroxyl groups is 1. The normalized spacial score (nSPS) is 10.2. The van der Waals surface area contributed by atoms with Gasteiger partial charge in [0.25, 0.3) is 5.91 Å². The number of aliphatic hydroxyl groups excluding tert-OH is 1. The van der Waals surface area contributed by atoms with Gasteiger partial charge in [-0.25, -0.2) is 4.98 Å². The highest BCUT2D eigenvalue weighted by Crippen LogP contribution is 2.15. The quantitative estimate of drug-likeness (QED) is 0.622. The molecule has 19 heavy (non-hydrogen) atoms. The first kappa shape index (κ1) is 15.9. The molecule has 8 heteroatoms. The van der Waals surface area contributed by atoms with Crippen molar-refractivity contribution in [2.45, 2.75) is 13.3 Å². The lowest BCUT2D eigenvalue weighted by molar-refractivity contribution is -0.114. The van der Waals surface area contributed by atoms with E-state index in [1.165, 1.54) is 18.3 Å². The zero-order chi connectivity index (χ0) is 14.1. The molecule has 1 aromatic rings. The van der Waals surface area contributed by atoms with Crippen molar-refractivity contribution >= 4 is 40.0 Å². The van der Waals surface area contributed by atoms with Crippen molar-refractivity contribution in [1.29, 1.82) is 0 Å². The molecule has 0 saturated heterocycles. The van der Waals surface area contributed by atoms with Crippen LogP contribution < -0.4 is 10.6 Å². The average Bonchev–Trinajstić information content (AvgIpc) is 2.81. The Morgan fingerprint density at radius 3 is 2.95 bits per heavy atom. The standard InChI is InChI=1S/C11H17N3O3S2/c1-8(16)13-11-14-9(7-19-11)10(17)12-3-6-18-5-2-4-15/h7,15H,2-6H2,1H3,(H,12,17)(H,13,14,16). The van der Waals surface area contributed by atoms with Crippen molar-refractivity contribution < 1.29 is 14.7 Å². The summed E-state index contributed by atoms with van der Waals surface area (Å²) in [7, 11) is 0. The predicted octanol–water partition coefficient (Wildman–Crippen LogP) is 0.947. The molecule has 0 bridgehead atoms. The molecule has 0 fully saturated rings. The summed E-state index contributed by atoms with van der Waals surface area (Å²) >= 11 is 2.90. The summed E-state index contributed by atoms with van der Waals surface area (Å²) in [4.78, 5) is 26.5. The van der Waals surface area contributed by atoms with Gasteiger partial charge in [-0.1, -0.05) is 0 Å². The van der Waals surface area contributed by atoms with E-state index in [9.17, 15) is 9.59 Å². The van der Waals surface area contributed by atoms with Gasteiger partial charge < -0.3 is 15.7 Å². The molecule has 0 aliphatic heterocycles. The second-order valence-corrected chi connectivity index (χ2v) is 5.75. The topological polar surface area (TPSA) is 91.3 Å². The molecule has 0 unspecified atom stereocenters. The number of rotatable bonds is 8. The Balaban J connectivity index is 2.25. The van der Waals surface area contributed by atoms with Gasteiger partial charge in [-0.2, -0.15) is 11.8 Å². The van der Waals surface area contributed by atoms with Gasteiger partial charge >= 0.3 is 0 Å². The summed E-state index contributed by atoms with van der Waals surface area (Å²) in [5.74, 6) is 1.24. The molecule has 3 N–H and O–H groups in total. The second-order valence-electron chi connectivity index (χ2n) is 3.66. The van der Waals surface area contributed by atoms with Gasteiger partial charge in [-0.3, -0.25) is 9.59 Å². The number of nitrogens with zero attached hydrogens (tertiary/aromatic N) is 1. The van der Waals surface area contributed by atoms with E-state index in [1.807, 2.05) is 0 Å². The lowest BCUT2D eigenvalue weighted by atomic mass is 10.4. The molecule has 0 radical (unpaired) electrons. The van der Waals surface area contributed by atoms with Crippen molar-refractivity contribution in [2.75, 3.05) is 30.0 Å². The Labute approximate surface area is 120 Å². The predicted molar refractivity (Wildman–Crippen MR) is 77.8 cm³/mol. The monoisotopic (exact) mass is 303 g/mol. The first-order valence-corrected chi connectivity index (χ1v) is 7.87. The highest BCUT2D eigenvalue weighted by molar-refractivity contribution is 7.99. The molecule has 106 valence electrons. The van der Waals surface area contributed by atoms with Gasteiger partial charge in [-0.05, 0) is 12.2 Å². The molecular weight excluding hydrogens is 286 g/mol. The van der Waals surface area contributed by atoms with E-state index in [1.54, 1.807) is 17.1 Å². The molecule has 1 rings (SSSR count). The first-order valence-electron chi connectivity index (χ1n) is 5.83. The fraction of sp³-hybridized carbons (Fsp3) is 0.545. The molecule has 1 aromatic heterocycles. The number of carbonyl (C=O) groups is 2. The smallest absolute Gasteiger partial charge is 0.270 e. The number of anilines is 1. The number of thiazole rings is 1. The molecule has 2 amide bonds. The molecule has 0 spiro atoms. The third-order valence-corrected chi connectivity index (χ3v) is 3.83. The number of carbonyl (C=O) groups excluding carboxylic acids is 2. The minimum Gasteiger partial charge on any atom is -0.396 e. The van der Waals surface area contributed by atoms with Crippen molar-refractivity contribution in [1.82, 2.24) is 10.3 Å². The van der Waals surface area contributed by atoms with Gasteiger partial charge in [0.1, 0.15) is 5.69 Å². The minimum atomic E-state index is -0.240. The van der Waals surface area contributed by atoms with Crippen molar-refractivity contribution in [3.8, 4) is 0 Å². The van der Waals surface area contributed by atoms with Crippen LogP contribution in [0.2, 0.25) is 0 Å². The summed E-state index contributed by atoms with van der Waals surface area (Å²) in [5.41, 5.74) is 0.314. The summed E-state index contributed by atoms with van der Waals surface area (Å²) in [5, 5.41) is 15.9. The third-order valence-electron chi connectivity index (χ3n) is 2.00. The van der Waals surface area contributed by atoms with Crippen LogP contribution in [0.15, 0.2) is 5.38 Å². The molecular formula is C11H17N3O3S2. The summed E-state index contributed by atoms with van der Waals surface area (Å²) in [6.45, 7) is 2.15. The van der Waals surface area contributed by atoms with E-state index >= 15 is 0 Å².